The summed E-state index contributed by atoms with van der Waals surface area (Å²) in [5.41, 5.74) is 2.22. The van der Waals surface area contributed by atoms with Crippen molar-refractivity contribution in [3.05, 3.63) is 60.2 Å². The normalized spacial score (nSPS) is 24.4. The summed E-state index contributed by atoms with van der Waals surface area (Å²) >= 11 is 0. The standard InChI is InChI=1S/C27H29N3O6/c1-35-20-7-4-18(5-8-20)28-25(31)21-15-19(6-9-22(21)30-10-12-36-13-11-30)29-26(32)23-16-2-3-17(14-16)24(23)27(33)34/h2-9,15-17,23-24H,10-14H2,1H3,(H,28,31)(H,29,32)(H,33,34). The number of ether oxygens (including phenoxy) is 2. The minimum Gasteiger partial charge on any atom is -0.497 e. The van der Waals surface area contributed by atoms with Gasteiger partial charge in [0.15, 0.2) is 0 Å². The molecule has 0 spiro atoms. The smallest absolute Gasteiger partial charge is 0.307 e. The maximum Gasteiger partial charge on any atom is 0.307 e. The molecule has 0 radical (unpaired) electrons. The number of fused-ring (bicyclic) bond motifs is 2. The number of anilines is 3. The molecule has 1 saturated carbocycles. The van der Waals surface area contributed by atoms with Gasteiger partial charge in [-0.3, -0.25) is 14.4 Å². The molecule has 2 fully saturated rings. The Labute approximate surface area is 209 Å². The van der Waals surface area contributed by atoms with Crippen molar-refractivity contribution in [1.29, 1.82) is 0 Å². The summed E-state index contributed by atoms with van der Waals surface area (Å²) in [4.78, 5) is 40.5. The Kier molecular flexibility index (Phi) is 6.65. The topological polar surface area (TPSA) is 117 Å². The van der Waals surface area contributed by atoms with E-state index in [1.807, 2.05) is 18.2 Å². The maximum absolute atomic E-state index is 13.4. The second-order valence-electron chi connectivity index (χ2n) is 9.34. The fourth-order valence-electron chi connectivity index (χ4n) is 5.49. The number of nitrogens with zero attached hydrogens (tertiary/aromatic N) is 1. The van der Waals surface area contributed by atoms with Crippen molar-refractivity contribution in [2.24, 2.45) is 23.7 Å². The predicted molar refractivity (Wildman–Crippen MR) is 134 cm³/mol. The van der Waals surface area contributed by atoms with Gasteiger partial charge < -0.3 is 30.1 Å². The van der Waals surface area contributed by atoms with E-state index in [1.165, 1.54) is 0 Å². The van der Waals surface area contributed by atoms with E-state index in [0.717, 1.165) is 5.69 Å². The molecule has 4 atom stereocenters. The van der Waals surface area contributed by atoms with Crippen LogP contribution in [0, 0.1) is 23.7 Å². The molecule has 1 saturated heterocycles. The Hall–Kier alpha value is -3.85. The van der Waals surface area contributed by atoms with Gasteiger partial charge in [-0.2, -0.15) is 0 Å². The predicted octanol–water partition coefficient (Wildman–Crippen LogP) is 3.25. The quantitative estimate of drug-likeness (QED) is 0.509. The average molecular weight is 492 g/mol. The molecule has 2 aromatic rings. The van der Waals surface area contributed by atoms with E-state index in [1.54, 1.807) is 43.5 Å². The molecule has 1 heterocycles. The van der Waals surface area contributed by atoms with Gasteiger partial charge in [0.1, 0.15) is 5.75 Å². The second-order valence-corrected chi connectivity index (χ2v) is 9.34. The zero-order valence-electron chi connectivity index (χ0n) is 20.0. The number of carbonyl (C=O) groups excluding carboxylic acids is 2. The van der Waals surface area contributed by atoms with Crippen molar-refractivity contribution >= 4 is 34.8 Å². The van der Waals surface area contributed by atoms with Crippen LogP contribution < -0.4 is 20.3 Å². The van der Waals surface area contributed by atoms with Gasteiger partial charge >= 0.3 is 5.97 Å². The first-order valence-corrected chi connectivity index (χ1v) is 12.1. The highest BCUT2D eigenvalue weighted by atomic mass is 16.5. The van der Waals surface area contributed by atoms with Crippen molar-refractivity contribution in [3.63, 3.8) is 0 Å². The number of nitrogens with one attached hydrogen (secondary N) is 2. The number of aliphatic carboxylic acids is 1. The number of rotatable bonds is 7. The lowest BCUT2D eigenvalue weighted by Gasteiger charge is -2.30. The van der Waals surface area contributed by atoms with Crippen LogP contribution in [0.25, 0.3) is 0 Å². The van der Waals surface area contributed by atoms with Crippen LogP contribution in [0.5, 0.6) is 5.75 Å². The van der Waals surface area contributed by atoms with Crippen LogP contribution in [0.3, 0.4) is 0 Å². The zero-order chi connectivity index (χ0) is 25.2. The van der Waals surface area contributed by atoms with Gasteiger partial charge in [0.2, 0.25) is 5.91 Å². The molecular weight excluding hydrogens is 462 g/mol. The Bertz CT molecular complexity index is 1190. The van der Waals surface area contributed by atoms with E-state index in [-0.39, 0.29) is 23.7 Å². The van der Waals surface area contributed by atoms with Gasteiger partial charge in [-0.15, -0.1) is 0 Å². The van der Waals surface area contributed by atoms with Gasteiger partial charge in [0.25, 0.3) is 5.91 Å². The van der Waals surface area contributed by atoms with E-state index < -0.39 is 17.8 Å². The van der Waals surface area contributed by atoms with Crippen molar-refractivity contribution in [1.82, 2.24) is 0 Å². The van der Waals surface area contributed by atoms with Crippen molar-refractivity contribution < 1.29 is 29.0 Å². The van der Waals surface area contributed by atoms with Gasteiger partial charge in [-0.05, 0) is 60.7 Å². The van der Waals surface area contributed by atoms with E-state index in [4.69, 9.17) is 9.47 Å². The van der Waals surface area contributed by atoms with Crippen LogP contribution >= 0.6 is 0 Å². The number of methoxy groups -OCH3 is 1. The van der Waals surface area contributed by atoms with Gasteiger partial charge in [-0.25, -0.2) is 0 Å². The summed E-state index contributed by atoms with van der Waals surface area (Å²) in [5, 5.41) is 15.5. The SMILES string of the molecule is COc1ccc(NC(=O)c2cc(NC(=O)C3C4C=CC(C4)C3C(=O)O)ccc2N2CCOCC2)cc1. The number of carboxylic acid groups (broad SMARTS) is 1. The third kappa shape index (κ3) is 4.66. The van der Waals surface area contributed by atoms with Crippen molar-refractivity contribution in [3.8, 4) is 5.75 Å². The number of hydrogen-bond acceptors (Lipinski definition) is 6. The molecule has 1 aliphatic heterocycles. The number of hydrogen-bond donors (Lipinski definition) is 3. The number of benzene rings is 2. The summed E-state index contributed by atoms with van der Waals surface area (Å²) in [7, 11) is 1.58. The van der Waals surface area contributed by atoms with Crippen molar-refractivity contribution in [2.45, 2.75) is 6.42 Å². The van der Waals surface area contributed by atoms with E-state index in [0.29, 0.717) is 55.4 Å². The molecule has 36 heavy (non-hydrogen) atoms. The van der Waals surface area contributed by atoms with Gasteiger partial charge in [0.05, 0.1) is 37.7 Å². The van der Waals surface area contributed by atoms with Crippen LogP contribution in [0.4, 0.5) is 17.1 Å². The van der Waals surface area contributed by atoms with Crippen LogP contribution in [0.15, 0.2) is 54.6 Å². The molecule has 188 valence electrons. The van der Waals surface area contributed by atoms with Crippen LogP contribution in [0.2, 0.25) is 0 Å². The van der Waals surface area contributed by atoms with E-state index in [2.05, 4.69) is 15.5 Å². The molecule has 2 amide bonds. The molecule has 2 bridgehead atoms. The molecule has 9 nitrogen and oxygen atoms in total. The highest BCUT2D eigenvalue weighted by Gasteiger charge is 2.51. The third-order valence-electron chi connectivity index (χ3n) is 7.26. The molecule has 9 heteroatoms. The number of allylic oxidation sites excluding steroid dienone is 2. The first-order valence-electron chi connectivity index (χ1n) is 12.1. The van der Waals surface area contributed by atoms with Crippen LogP contribution in [0.1, 0.15) is 16.8 Å². The fraction of sp³-hybridized carbons (Fsp3) is 0.370. The van der Waals surface area contributed by atoms with Gasteiger partial charge in [-0.1, -0.05) is 12.2 Å². The first kappa shape index (κ1) is 23.9. The summed E-state index contributed by atoms with van der Waals surface area (Å²) in [6, 6.07) is 12.3. The van der Waals surface area contributed by atoms with Crippen LogP contribution in [-0.4, -0.2) is 56.3 Å². The molecular formula is C27H29N3O6. The zero-order valence-corrected chi connectivity index (χ0v) is 20.0. The Morgan fingerprint density at radius 3 is 2.28 bits per heavy atom. The second kappa shape index (κ2) is 10.0. The van der Waals surface area contributed by atoms with Crippen molar-refractivity contribution in [2.75, 3.05) is 48.9 Å². The number of morpholine rings is 1. The summed E-state index contributed by atoms with van der Waals surface area (Å²) in [6.07, 6.45) is 4.54. The first-order chi connectivity index (χ1) is 17.4. The maximum atomic E-state index is 13.4. The number of carboxylic acids is 1. The van der Waals surface area contributed by atoms with E-state index in [9.17, 15) is 19.5 Å². The highest BCUT2D eigenvalue weighted by Crippen LogP contribution is 2.48. The Morgan fingerprint density at radius 2 is 1.61 bits per heavy atom. The van der Waals surface area contributed by atoms with Gasteiger partial charge in [0, 0.05) is 30.2 Å². The lowest BCUT2D eigenvalue weighted by Crippen LogP contribution is -2.38. The molecule has 2 aliphatic carbocycles. The number of carbonyl (C=O) groups is 3. The van der Waals surface area contributed by atoms with Crippen LogP contribution in [-0.2, 0) is 14.3 Å². The number of amides is 2. The summed E-state index contributed by atoms with van der Waals surface area (Å²) in [5.74, 6) is -2.47. The molecule has 2 aromatic carbocycles. The molecule has 0 aromatic heterocycles. The average Bonchev–Trinajstić information content (AvgIpc) is 3.52. The molecule has 3 N–H and O–H groups in total. The molecule has 3 aliphatic rings. The fourth-order valence-corrected chi connectivity index (χ4v) is 5.49. The Balaban J connectivity index is 1.40. The molecule has 5 rings (SSSR count). The largest absolute Gasteiger partial charge is 0.497 e. The molecule has 4 unspecified atom stereocenters. The minimum atomic E-state index is -0.950. The Morgan fingerprint density at radius 1 is 0.944 bits per heavy atom. The summed E-state index contributed by atoms with van der Waals surface area (Å²) < 4.78 is 10.6. The summed E-state index contributed by atoms with van der Waals surface area (Å²) in [6.45, 7) is 2.41. The lowest BCUT2D eigenvalue weighted by atomic mass is 9.82. The monoisotopic (exact) mass is 491 g/mol. The lowest BCUT2D eigenvalue weighted by molar-refractivity contribution is -0.146. The minimum absolute atomic E-state index is 0.0819. The third-order valence-corrected chi connectivity index (χ3v) is 7.26. The highest BCUT2D eigenvalue weighted by molar-refractivity contribution is 6.09. The van der Waals surface area contributed by atoms with E-state index >= 15 is 0 Å².